The molecule has 1 rings (SSSR count). The molecule has 0 bridgehead atoms. The molecule has 1 aromatic rings. The number of hydrogen-bond donors (Lipinski definition) is 2. The molecule has 0 saturated heterocycles. The van der Waals surface area contributed by atoms with E-state index in [9.17, 15) is 5.11 Å². The molecule has 0 radical (unpaired) electrons. The van der Waals surface area contributed by atoms with Crippen LogP contribution in [-0.2, 0) is 6.42 Å². The van der Waals surface area contributed by atoms with Crippen LogP contribution in [-0.4, -0.2) is 19.8 Å². The second kappa shape index (κ2) is 4.73. The Labute approximate surface area is 98.3 Å². The summed E-state index contributed by atoms with van der Waals surface area (Å²) in [6.07, 6.45) is 0.990. The van der Waals surface area contributed by atoms with Gasteiger partial charge in [-0.25, -0.2) is 0 Å². The molecule has 14 heavy (non-hydrogen) atoms. The Hall–Kier alpha value is 0.0695. The van der Waals surface area contributed by atoms with E-state index in [4.69, 9.17) is 5.11 Å². The molecule has 0 spiro atoms. The van der Waals surface area contributed by atoms with Gasteiger partial charge in [-0.3, -0.25) is 0 Å². The summed E-state index contributed by atoms with van der Waals surface area (Å²) in [6, 6.07) is 5.07. The third kappa shape index (κ3) is 4.07. The third-order valence-electron chi connectivity index (χ3n) is 1.92. The van der Waals surface area contributed by atoms with Gasteiger partial charge in [0.25, 0.3) is 0 Å². The maximum atomic E-state index is 9.29. The van der Waals surface area contributed by atoms with Crippen molar-refractivity contribution in [1.82, 2.24) is 0 Å². The fourth-order valence-corrected chi connectivity index (χ4v) is 3.74. The average molecular weight is 373 g/mol. The van der Waals surface area contributed by atoms with Crippen LogP contribution in [0.25, 0.3) is 0 Å². The summed E-state index contributed by atoms with van der Waals surface area (Å²) in [6.45, 7) is 0. The van der Waals surface area contributed by atoms with Crippen molar-refractivity contribution in [3.05, 3.63) is 23.8 Å². The molecule has 2 nitrogen and oxygen atoms in total. The molecule has 0 aliphatic rings. The first-order valence-corrected chi connectivity index (χ1v) is 14.2. The summed E-state index contributed by atoms with van der Waals surface area (Å²) in [5.74, 6) is 4.60. The number of phenols is 2. The Kier molecular flexibility index (Phi) is 4.10. The number of halogens is 1. The normalized spacial score (nSPS) is 12.8. The Bertz CT molecular complexity index is 320. The Morgan fingerprint density at radius 2 is 1.86 bits per heavy atom. The molecule has 2 N–H and O–H groups in total. The zero-order valence-corrected chi connectivity index (χ0v) is 12.2. The van der Waals surface area contributed by atoms with Crippen molar-refractivity contribution < 1.29 is 10.2 Å². The number of aryl methyl sites for hydroxylation is 1. The predicted molar refractivity (Wildman–Crippen MR) is 69.8 cm³/mol. The fraction of sp³-hybridized carbons (Fsp3) is 0.400. The molecule has 0 amide bonds. The zero-order chi connectivity index (χ0) is 10.8. The van der Waals surface area contributed by atoms with E-state index in [1.54, 1.807) is 12.1 Å². The summed E-state index contributed by atoms with van der Waals surface area (Å²) in [5, 5.41) is 19.6. The van der Waals surface area contributed by atoms with Crippen LogP contribution in [0.1, 0.15) is 5.56 Å². The molecule has 80 valence electrons. The van der Waals surface area contributed by atoms with E-state index in [1.165, 1.54) is 5.32 Å². The maximum absolute atomic E-state index is 9.29. The van der Waals surface area contributed by atoms with Crippen LogP contribution in [0.5, 0.6) is 11.5 Å². The molecule has 0 aliphatic heterocycles. The summed E-state index contributed by atoms with van der Waals surface area (Å²) >= 11 is 2.56. The molecule has 0 aliphatic carbocycles. The van der Waals surface area contributed by atoms with Crippen molar-refractivity contribution >= 4 is 29.9 Å². The minimum absolute atomic E-state index is 0.0162. The van der Waals surface area contributed by atoms with Gasteiger partial charge in [0.05, 0.1) is 0 Å². The quantitative estimate of drug-likeness (QED) is 0.485. The molecule has 1 aromatic carbocycles. The number of aromatic hydroxyl groups is 2. The van der Waals surface area contributed by atoms with E-state index >= 15 is 0 Å². The first kappa shape index (κ1) is 12.1. The van der Waals surface area contributed by atoms with Gasteiger partial charge >= 0.3 is 98.8 Å². The van der Waals surface area contributed by atoms with E-state index in [0.29, 0.717) is 0 Å². The second-order valence-electron chi connectivity index (χ2n) is 3.68. The standard InChI is InChI=1S/C10H15IO2Se/c1-14(2,11)6-5-8-3-4-9(12)10(13)7-8/h3-4,7,12-13H,5-6H2,1-2H3. The van der Waals surface area contributed by atoms with Crippen molar-refractivity contribution in [2.75, 3.05) is 0 Å². The summed E-state index contributed by atoms with van der Waals surface area (Å²) in [7, 11) is -1.21. The van der Waals surface area contributed by atoms with Crippen LogP contribution >= 0.6 is 20.3 Å². The second-order valence-corrected chi connectivity index (χ2v) is 22.8. The van der Waals surface area contributed by atoms with E-state index in [2.05, 4.69) is 32.0 Å². The van der Waals surface area contributed by atoms with Crippen molar-refractivity contribution in [2.45, 2.75) is 23.4 Å². The van der Waals surface area contributed by atoms with Gasteiger partial charge in [-0.05, 0) is 0 Å². The summed E-state index contributed by atoms with van der Waals surface area (Å²) < 4.78 is 0. The topological polar surface area (TPSA) is 40.5 Å². The molecule has 0 saturated carbocycles. The van der Waals surface area contributed by atoms with Crippen molar-refractivity contribution in [1.29, 1.82) is 0 Å². The Morgan fingerprint density at radius 3 is 2.36 bits per heavy atom. The summed E-state index contributed by atoms with van der Waals surface area (Å²) in [5.41, 5.74) is 1.10. The van der Waals surface area contributed by atoms with E-state index in [1.807, 2.05) is 6.07 Å². The van der Waals surface area contributed by atoms with E-state index in [-0.39, 0.29) is 11.5 Å². The molecule has 0 aromatic heterocycles. The van der Waals surface area contributed by atoms with Crippen LogP contribution in [0.2, 0.25) is 17.0 Å². The third-order valence-corrected chi connectivity index (χ3v) is 6.67. The van der Waals surface area contributed by atoms with Crippen LogP contribution < -0.4 is 0 Å². The molecule has 0 atom stereocenters. The number of hydrogen-bond acceptors (Lipinski definition) is 2. The molecular formula is C10H15IO2Se. The van der Waals surface area contributed by atoms with Crippen LogP contribution in [0.15, 0.2) is 18.2 Å². The SMILES string of the molecule is C[Se](C)(I)CCc1ccc(O)c(O)c1. The monoisotopic (exact) mass is 374 g/mol. The Balaban J connectivity index is 2.65. The van der Waals surface area contributed by atoms with Gasteiger partial charge in [0.15, 0.2) is 0 Å². The van der Waals surface area contributed by atoms with Crippen LogP contribution in [0, 0.1) is 0 Å². The van der Waals surface area contributed by atoms with Crippen molar-refractivity contribution in [2.24, 2.45) is 0 Å². The van der Waals surface area contributed by atoms with Gasteiger partial charge in [-0.2, -0.15) is 0 Å². The molecule has 0 fully saturated rings. The van der Waals surface area contributed by atoms with E-state index < -0.39 is 9.60 Å². The molecule has 4 heteroatoms. The van der Waals surface area contributed by atoms with Gasteiger partial charge in [0.2, 0.25) is 0 Å². The summed E-state index contributed by atoms with van der Waals surface area (Å²) in [4.78, 5) is 0. The first-order chi connectivity index (χ1) is 6.38. The van der Waals surface area contributed by atoms with Crippen LogP contribution in [0.3, 0.4) is 0 Å². The van der Waals surface area contributed by atoms with Crippen LogP contribution in [0.4, 0.5) is 0 Å². The average Bonchev–Trinajstić information content (AvgIpc) is 2.06. The molecular weight excluding hydrogens is 358 g/mol. The Morgan fingerprint density at radius 1 is 1.21 bits per heavy atom. The van der Waals surface area contributed by atoms with Gasteiger partial charge < -0.3 is 0 Å². The van der Waals surface area contributed by atoms with Gasteiger partial charge in [0, 0.05) is 0 Å². The van der Waals surface area contributed by atoms with Crippen molar-refractivity contribution in [3.63, 3.8) is 0 Å². The molecule has 0 heterocycles. The minimum atomic E-state index is -1.21. The van der Waals surface area contributed by atoms with Gasteiger partial charge in [0.1, 0.15) is 0 Å². The number of rotatable bonds is 3. The predicted octanol–water partition coefficient (Wildman–Crippen LogP) is 3.28. The zero-order valence-electron chi connectivity index (χ0n) is 8.33. The number of benzene rings is 1. The number of phenolic OH excluding ortho intramolecular Hbond substituents is 2. The molecule has 0 unspecified atom stereocenters. The fourth-order valence-electron chi connectivity index (χ4n) is 1.09. The first-order valence-electron chi connectivity index (χ1n) is 4.30. The van der Waals surface area contributed by atoms with Gasteiger partial charge in [-0.1, -0.05) is 0 Å². The van der Waals surface area contributed by atoms with Gasteiger partial charge in [-0.15, -0.1) is 0 Å². The van der Waals surface area contributed by atoms with Crippen molar-refractivity contribution in [3.8, 4) is 11.5 Å². The van der Waals surface area contributed by atoms with E-state index in [0.717, 1.165) is 12.0 Å².